The molecule has 0 aliphatic carbocycles. The highest BCUT2D eigenvalue weighted by Crippen LogP contribution is 2.28. The molecule has 0 atom stereocenters. The zero-order valence-corrected chi connectivity index (χ0v) is 11.9. The summed E-state index contributed by atoms with van der Waals surface area (Å²) in [4.78, 5) is 0. The fraction of sp³-hybridized carbons (Fsp3) is 0.167. The van der Waals surface area contributed by atoms with Crippen LogP contribution in [0.5, 0.6) is 0 Å². The maximum atomic E-state index is 13.4. The van der Waals surface area contributed by atoms with E-state index >= 15 is 0 Å². The van der Waals surface area contributed by atoms with E-state index in [9.17, 15) is 4.39 Å². The lowest BCUT2D eigenvalue weighted by molar-refractivity contribution is -0.436. The normalized spacial score (nSPS) is 14.1. The van der Waals surface area contributed by atoms with Gasteiger partial charge in [-0.25, -0.2) is 4.39 Å². The Bertz CT molecular complexity index is 874. The van der Waals surface area contributed by atoms with E-state index in [1.807, 2.05) is 6.07 Å². The smallest absolute Gasteiger partial charge is 0.208 e. The van der Waals surface area contributed by atoms with Crippen molar-refractivity contribution in [1.29, 1.82) is 0 Å². The lowest BCUT2D eigenvalue weighted by Crippen LogP contribution is -2.19. The van der Waals surface area contributed by atoms with Crippen LogP contribution in [0.3, 0.4) is 0 Å². The molecule has 0 saturated carbocycles. The number of hydrogen-bond acceptors (Lipinski definition) is 0. The van der Waals surface area contributed by atoms with Crippen molar-refractivity contribution >= 4 is 22.8 Å². The minimum absolute atomic E-state index is 0.191. The fourth-order valence-electron chi connectivity index (χ4n) is 3.22. The summed E-state index contributed by atoms with van der Waals surface area (Å²) < 4.78 is 17.8. The number of rotatable bonds is 1. The molecule has 0 saturated heterocycles. The molecular formula is C18H16FN2+. The van der Waals surface area contributed by atoms with Crippen molar-refractivity contribution in [3.63, 3.8) is 0 Å². The summed E-state index contributed by atoms with van der Waals surface area (Å²) in [5.41, 5.74) is 4.76. The first-order valence-corrected chi connectivity index (χ1v) is 7.17. The summed E-state index contributed by atoms with van der Waals surface area (Å²) in [7, 11) is 2.09. The molecule has 0 fully saturated rings. The second-order valence-electron chi connectivity index (χ2n) is 5.49. The third-order valence-electron chi connectivity index (χ3n) is 4.28. The summed E-state index contributed by atoms with van der Waals surface area (Å²) in [5.74, 6) is -0.191. The predicted molar refractivity (Wildman–Crippen MR) is 83.0 cm³/mol. The van der Waals surface area contributed by atoms with Gasteiger partial charge in [-0.1, -0.05) is 24.3 Å². The van der Waals surface area contributed by atoms with E-state index in [0.717, 1.165) is 18.7 Å². The number of aryl methyl sites for hydroxylation is 1. The van der Waals surface area contributed by atoms with Gasteiger partial charge in [0.2, 0.25) is 5.69 Å². The van der Waals surface area contributed by atoms with Gasteiger partial charge in [0.1, 0.15) is 11.5 Å². The van der Waals surface area contributed by atoms with E-state index < -0.39 is 0 Å². The van der Waals surface area contributed by atoms with Crippen molar-refractivity contribution in [2.24, 2.45) is 7.05 Å². The van der Waals surface area contributed by atoms with Crippen LogP contribution in [0.4, 0.5) is 10.1 Å². The Morgan fingerprint density at radius 3 is 2.81 bits per heavy atom. The Balaban J connectivity index is 1.91. The lowest BCUT2D eigenvalue weighted by Gasteiger charge is -2.10. The van der Waals surface area contributed by atoms with Gasteiger partial charge in [-0.05, 0) is 17.7 Å². The molecule has 0 spiro atoms. The first-order chi connectivity index (χ1) is 10.2. The van der Waals surface area contributed by atoms with Crippen molar-refractivity contribution in [1.82, 2.24) is 4.57 Å². The minimum Gasteiger partial charge on any atom is -0.339 e. The number of nitrogens with zero attached hydrogens (tertiary/aromatic N) is 2. The highest BCUT2D eigenvalue weighted by molar-refractivity contribution is 5.94. The Hall–Kier alpha value is -2.42. The first kappa shape index (κ1) is 12.3. The molecule has 0 N–H and O–H groups in total. The topological polar surface area (TPSA) is 7.94 Å². The molecule has 104 valence electrons. The Morgan fingerprint density at radius 1 is 1.10 bits per heavy atom. The van der Waals surface area contributed by atoms with Crippen LogP contribution in [0, 0.1) is 5.82 Å². The largest absolute Gasteiger partial charge is 0.339 e. The van der Waals surface area contributed by atoms with E-state index in [1.54, 1.807) is 12.1 Å². The molecule has 1 aliphatic rings. The summed E-state index contributed by atoms with van der Waals surface area (Å²) >= 11 is 0. The molecular weight excluding hydrogens is 263 g/mol. The minimum atomic E-state index is -0.191. The standard InChI is InChI=1S/C18H16FN2/c1-20-17-8-3-2-7-15(17)16-9-10-21(12-18(16)20)14-6-4-5-13(19)11-14/h2-8,11-12H,9-10H2,1H3/q+1. The number of hydrogen-bond donors (Lipinski definition) is 0. The van der Waals surface area contributed by atoms with Gasteiger partial charge in [-0.15, -0.1) is 0 Å². The SMILES string of the molecule is Cn1c2c(c3ccccc31)CC[N+](c1cccc(F)c1)=C2. The van der Waals surface area contributed by atoms with Crippen LogP contribution < -0.4 is 0 Å². The van der Waals surface area contributed by atoms with Gasteiger partial charge < -0.3 is 4.57 Å². The summed E-state index contributed by atoms with van der Waals surface area (Å²) in [5, 5.41) is 1.32. The number of benzene rings is 2. The maximum Gasteiger partial charge on any atom is 0.208 e. The Morgan fingerprint density at radius 2 is 1.95 bits per heavy atom. The van der Waals surface area contributed by atoms with E-state index in [0.29, 0.717) is 0 Å². The molecule has 3 aromatic rings. The predicted octanol–water partition coefficient (Wildman–Crippen LogP) is 3.64. The Kier molecular flexibility index (Phi) is 2.67. The average Bonchev–Trinajstić information content (AvgIpc) is 2.81. The highest BCUT2D eigenvalue weighted by Gasteiger charge is 2.23. The summed E-state index contributed by atoms with van der Waals surface area (Å²) in [6.07, 6.45) is 3.11. The van der Waals surface area contributed by atoms with Gasteiger partial charge in [0.05, 0.1) is 0 Å². The van der Waals surface area contributed by atoms with Crippen molar-refractivity contribution in [2.75, 3.05) is 6.54 Å². The van der Waals surface area contributed by atoms with Crippen LogP contribution in [0.1, 0.15) is 11.3 Å². The molecule has 1 aromatic heterocycles. The molecule has 1 aliphatic heterocycles. The second-order valence-corrected chi connectivity index (χ2v) is 5.49. The van der Waals surface area contributed by atoms with Crippen LogP contribution in [0.15, 0.2) is 48.5 Å². The van der Waals surface area contributed by atoms with Crippen molar-refractivity contribution < 1.29 is 8.97 Å². The van der Waals surface area contributed by atoms with Crippen LogP contribution in [0.25, 0.3) is 10.9 Å². The number of fused-ring (bicyclic) bond motifs is 3. The average molecular weight is 279 g/mol. The molecule has 0 radical (unpaired) electrons. The third kappa shape index (κ3) is 1.88. The van der Waals surface area contributed by atoms with Crippen molar-refractivity contribution in [3.05, 3.63) is 65.6 Å². The van der Waals surface area contributed by atoms with Crippen LogP contribution in [-0.4, -0.2) is 21.9 Å². The summed E-state index contributed by atoms with van der Waals surface area (Å²) in [6.45, 7) is 0.879. The molecule has 2 aromatic carbocycles. The van der Waals surface area contributed by atoms with E-state index in [1.165, 1.54) is 28.2 Å². The van der Waals surface area contributed by atoms with Crippen molar-refractivity contribution in [2.45, 2.75) is 6.42 Å². The number of halogens is 1. The van der Waals surface area contributed by atoms with Gasteiger partial charge >= 0.3 is 0 Å². The van der Waals surface area contributed by atoms with Crippen LogP contribution in [0.2, 0.25) is 0 Å². The zero-order chi connectivity index (χ0) is 14.4. The van der Waals surface area contributed by atoms with Gasteiger partial charge in [0.15, 0.2) is 12.8 Å². The van der Waals surface area contributed by atoms with Gasteiger partial charge in [0.25, 0.3) is 0 Å². The van der Waals surface area contributed by atoms with Gasteiger partial charge in [-0.3, -0.25) is 0 Å². The second kappa shape index (κ2) is 4.55. The van der Waals surface area contributed by atoms with E-state index in [4.69, 9.17) is 0 Å². The monoisotopic (exact) mass is 279 g/mol. The van der Waals surface area contributed by atoms with E-state index in [-0.39, 0.29) is 5.82 Å². The maximum absolute atomic E-state index is 13.4. The lowest BCUT2D eigenvalue weighted by atomic mass is 10.1. The number of aromatic nitrogens is 1. The Labute approximate surface area is 122 Å². The molecule has 21 heavy (non-hydrogen) atoms. The first-order valence-electron chi connectivity index (χ1n) is 7.17. The fourth-order valence-corrected chi connectivity index (χ4v) is 3.22. The molecule has 0 amide bonds. The highest BCUT2D eigenvalue weighted by atomic mass is 19.1. The number of para-hydroxylation sites is 1. The third-order valence-corrected chi connectivity index (χ3v) is 4.28. The molecule has 3 heteroatoms. The van der Waals surface area contributed by atoms with E-state index in [2.05, 4.69) is 46.7 Å². The summed E-state index contributed by atoms with van der Waals surface area (Å²) in [6, 6.07) is 15.3. The quantitative estimate of drug-likeness (QED) is 0.601. The zero-order valence-electron chi connectivity index (χ0n) is 11.9. The van der Waals surface area contributed by atoms with Crippen LogP contribution >= 0.6 is 0 Å². The van der Waals surface area contributed by atoms with Crippen LogP contribution in [-0.2, 0) is 13.5 Å². The molecule has 2 nitrogen and oxygen atoms in total. The molecule has 0 bridgehead atoms. The van der Waals surface area contributed by atoms with Gasteiger partial charge in [-0.2, -0.15) is 4.58 Å². The molecule has 0 unspecified atom stereocenters. The molecule has 2 heterocycles. The van der Waals surface area contributed by atoms with Crippen molar-refractivity contribution in [3.8, 4) is 0 Å². The molecule has 4 rings (SSSR count). The van der Waals surface area contributed by atoms with Gasteiger partial charge in [0, 0.05) is 36.5 Å².